The van der Waals surface area contributed by atoms with Crippen LogP contribution in [0.2, 0.25) is 0 Å². The highest BCUT2D eigenvalue weighted by atomic mass is 32.2. The number of hydrogen-bond acceptors (Lipinski definition) is 4. The van der Waals surface area contributed by atoms with Gasteiger partial charge in [0.1, 0.15) is 5.37 Å². The van der Waals surface area contributed by atoms with Crippen LogP contribution in [0.15, 0.2) is 42.5 Å². The maximum atomic E-state index is 12.3. The summed E-state index contributed by atoms with van der Waals surface area (Å²) < 4.78 is 10.8. The van der Waals surface area contributed by atoms with Gasteiger partial charge in [-0.1, -0.05) is 30.3 Å². The van der Waals surface area contributed by atoms with Gasteiger partial charge in [-0.15, -0.1) is 11.8 Å². The van der Waals surface area contributed by atoms with Crippen LogP contribution in [0.3, 0.4) is 0 Å². The van der Waals surface area contributed by atoms with E-state index >= 15 is 0 Å². The van der Waals surface area contributed by atoms with Crippen molar-refractivity contribution in [2.24, 2.45) is 0 Å². The zero-order chi connectivity index (χ0) is 16.5. The van der Waals surface area contributed by atoms with Gasteiger partial charge in [-0.05, 0) is 42.2 Å². The smallest absolute Gasteiger partial charge is 0.233 e. The molecular formula is C19H19NO3S. The Kier molecular flexibility index (Phi) is 4.10. The van der Waals surface area contributed by atoms with Gasteiger partial charge in [-0.2, -0.15) is 0 Å². The van der Waals surface area contributed by atoms with Crippen LogP contribution in [0, 0.1) is 6.92 Å². The van der Waals surface area contributed by atoms with Gasteiger partial charge < -0.3 is 14.4 Å². The van der Waals surface area contributed by atoms with Crippen molar-refractivity contribution < 1.29 is 14.3 Å². The van der Waals surface area contributed by atoms with E-state index in [0.717, 1.165) is 23.5 Å². The molecule has 24 heavy (non-hydrogen) atoms. The molecule has 5 heteroatoms. The first-order chi connectivity index (χ1) is 11.7. The summed E-state index contributed by atoms with van der Waals surface area (Å²) in [6.45, 7) is 3.11. The fourth-order valence-electron chi connectivity index (χ4n) is 3.16. The summed E-state index contributed by atoms with van der Waals surface area (Å²) in [6, 6.07) is 14.3. The highest BCUT2D eigenvalue weighted by Crippen LogP contribution is 2.40. The molecule has 0 N–H and O–H groups in total. The predicted molar refractivity (Wildman–Crippen MR) is 94.4 cm³/mol. The van der Waals surface area contributed by atoms with Crippen LogP contribution in [0.5, 0.6) is 11.5 Å². The Hall–Kier alpha value is -2.14. The fraction of sp³-hybridized carbons (Fsp3) is 0.316. The quantitative estimate of drug-likeness (QED) is 0.853. The number of hydrogen-bond donors (Lipinski definition) is 0. The van der Waals surface area contributed by atoms with Gasteiger partial charge in [0.15, 0.2) is 11.5 Å². The van der Waals surface area contributed by atoms with Gasteiger partial charge in [-0.3, -0.25) is 4.79 Å². The monoisotopic (exact) mass is 341 g/mol. The summed E-state index contributed by atoms with van der Waals surface area (Å²) in [4.78, 5) is 14.3. The number of ether oxygens (including phenoxy) is 2. The van der Waals surface area contributed by atoms with Gasteiger partial charge in [-0.25, -0.2) is 0 Å². The van der Waals surface area contributed by atoms with E-state index in [-0.39, 0.29) is 18.1 Å². The van der Waals surface area contributed by atoms with Crippen molar-refractivity contribution in [3.05, 3.63) is 59.2 Å². The minimum absolute atomic E-state index is 0.118. The van der Waals surface area contributed by atoms with E-state index < -0.39 is 0 Å². The van der Waals surface area contributed by atoms with E-state index in [1.54, 1.807) is 11.8 Å². The largest absolute Gasteiger partial charge is 0.454 e. The van der Waals surface area contributed by atoms with Crippen LogP contribution in [-0.4, -0.2) is 29.9 Å². The minimum atomic E-state index is 0.118. The van der Waals surface area contributed by atoms with Gasteiger partial charge >= 0.3 is 0 Å². The van der Waals surface area contributed by atoms with Gasteiger partial charge in [0.2, 0.25) is 12.7 Å². The molecule has 1 unspecified atom stereocenters. The maximum absolute atomic E-state index is 12.3. The highest BCUT2D eigenvalue weighted by Gasteiger charge is 2.33. The third-order valence-corrected chi connectivity index (χ3v) is 5.74. The number of amides is 1. The molecule has 2 aliphatic heterocycles. The second-order valence-electron chi connectivity index (χ2n) is 6.04. The summed E-state index contributed by atoms with van der Waals surface area (Å²) in [6.07, 6.45) is 0.811. The molecule has 1 atom stereocenters. The van der Waals surface area contributed by atoms with Gasteiger partial charge in [0.05, 0.1) is 5.75 Å². The molecule has 4 rings (SSSR count). The number of carbonyl (C=O) groups is 1. The first-order valence-electron chi connectivity index (χ1n) is 8.07. The molecule has 0 spiro atoms. The molecular weight excluding hydrogens is 322 g/mol. The topological polar surface area (TPSA) is 38.8 Å². The fourth-order valence-corrected chi connectivity index (χ4v) is 4.48. The van der Waals surface area contributed by atoms with Crippen molar-refractivity contribution in [3.63, 3.8) is 0 Å². The van der Waals surface area contributed by atoms with E-state index in [1.807, 2.05) is 35.2 Å². The third kappa shape index (κ3) is 2.84. The zero-order valence-corrected chi connectivity index (χ0v) is 14.3. The number of rotatable bonds is 4. The number of fused-ring (bicyclic) bond motifs is 1. The second-order valence-corrected chi connectivity index (χ2v) is 7.11. The summed E-state index contributed by atoms with van der Waals surface area (Å²) in [7, 11) is 0. The van der Waals surface area contributed by atoms with Gasteiger partial charge in [0.25, 0.3) is 0 Å². The lowest BCUT2D eigenvalue weighted by Gasteiger charge is -2.25. The summed E-state index contributed by atoms with van der Waals surface area (Å²) in [5, 5.41) is 0.118. The minimum Gasteiger partial charge on any atom is -0.454 e. The van der Waals surface area contributed by atoms with Crippen LogP contribution in [-0.2, 0) is 11.2 Å². The molecule has 2 aromatic rings. The first-order valence-corrected chi connectivity index (χ1v) is 9.12. The highest BCUT2D eigenvalue weighted by molar-refractivity contribution is 8.00. The van der Waals surface area contributed by atoms with E-state index in [0.29, 0.717) is 12.3 Å². The Morgan fingerprint density at radius 1 is 1.17 bits per heavy atom. The summed E-state index contributed by atoms with van der Waals surface area (Å²) in [5.41, 5.74) is 3.63. The average Bonchev–Trinajstić information content (AvgIpc) is 3.19. The Balaban J connectivity index is 1.50. The number of benzene rings is 2. The van der Waals surface area contributed by atoms with Crippen LogP contribution in [0.25, 0.3) is 0 Å². The molecule has 0 aliphatic carbocycles. The van der Waals surface area contributed by atoms with Crippen molar-refractivity contribution in [2.45, 2.75) is 18.7 Å². The Labute approximate surface area is 145 Å². The lowest BCUT2D eigenvalue weighted by molar-refractivity contribution is -0.128. The van der Waals surface area contributed by atoms with E-state index in [1.165, 1.54) is 11.1 Å². The zero-order valence-electron chi connectivity index (χ0n) is 13.5. The first kappa shape index (κ1) is 15.4. The summed E-state index contributed by atoms with van der Waals surface area (Å²) in [5.74, 6) is 2.36. The van der Waals surface area contributed by atoms with Crippen molar-refractivity contribution >= 4 is 17.7 Å². The van der Waals surface area contributed by atoms with Crippen LogP contribution < -0.4 is 9.47 Å². The molecule has 0 radical (unpaired) electrons. The standard InChI is InChI=1S/C19H19NO3S/c1-13-4-2-3-5-15(13)19-20(18(21)11-24-19)9-8-14-6-7-16-17(10-14)23-12-22-16/h2-7,10,19H,8-9,11-12H2,1H3. The Morgan fingerprint density at radius 2 is 2.00 bits per heavy atom. The maximum Gasteiger partial charge on any atom is 0.233 e. The molecule has 2 heterocycles. The third-order valence-electron chi connectivity index (χ3n) is 4.50. The number of carbonyl (C=O) groups excluding carboxylic acids is 1. The molecule has 2 aliphatic rings. The van der Waals surface area contributed by atoms with E-state index in [4.69, 9.17) is 9.47 Å². The molecule has 0 aromatic heterocycles. The van der Waals surface area contributed by atoms with Gasteiger partial charge in [0, 0.05) is 6.54 Å². The van der Waals surface area contributed by atoms with E-state index in [9.17, 15) is 4.79 Å². The van der Waals surface area contributed by atoms with Crippen molar-refractivity contribution in [3.8, 4) is 11.5 Å². The Bertz CT molecular complexity index is 777. The molecule has 4 nitrogen and oxygen atoms in total. The van der Waals surface area contributed by atoms with Crippen molar-refractivity contribution in [1.29, 1.82) is 0 Å². The number of thioether (sulfide) groups is 1. The average molecular weight is 341 g/mol. The van der Waals surface area contributed by atoms with E-state index in [2.05, 4.69) is 19.1 Å². The normalized spacial score (nSPS) is 19.1. The lowest BCUT2D eigenvalue weighted by Crippen LogP contribution is -2.30. The molecule has 1 fully saturated rings. The number of aryl methyl sites for hydroxylation is 1. The SMILES string of the molecule is Cc1ccccc1C1SCC(=O)N1CCc1ccc2c(c1)OCO2. The van der Waals surface area contributed by atoms with Crippen LogP contribution in [0.1, 0.15) is 22.1 Å². The summed E-state index contributed by atoms with van der Waals surface area (Å²) >= 11 is 1.71. The van der Waals surface area contributed by atoms with Crippen LogP contribution >= 0.6 is 11.8 Å². The molecule has 0 saturated carbocycles. The molecule has 0 bridgehead atoms. The Morgan fingerprint density at radius 3 is 2.88 bits per heavy atom. The molecule has 1 saturated heterocycles. The number of nitrogens with zero attached hydrogens (tertiary/aromatic N) is 1. The lowest BCUT2D eigenvalue weighted by atomic mass is 10.1. The second kappa shape index (κ2) is 6.40. The van der Waals surface area contributed by atoms with Crippen LogP contribution in [0.4, 0.5) is 0 Å². The van der Waals surface area contributed by atoms with Crippen molar-refractivity contribution in [1.82, 2.24) is 4.90 Å². The molecule has 2 aromatic carbocycles. The predicted octanol–water partition coefficient (Wildman–Crippen LogP) is 3.54. The van der Waals surface area contributed by atoms with Crippen molar-refractivity contribution in [2.75, 3.05) is 19.1 Å². The molecule has 124 valence electrons. The molecule has 1 amide bonds.